The summed E-state index contributed by atoms with van der Waals surface area (Å²) in [6, 6.07) is 9.63. The fraction of sp³-hybridized carbons (Fsp3) is 0.231. The lowest BCUT2D eigenvalue weighted by Gasteiger charge is -2.06. The van der Waals surface area contributed by atoms with Gasteiger partial charge >= 0.3 is 0 Å². The fourth-order valence-corrected chi connectivity index (χ4v) is 1.96. The van der Waals surface area contributed by atoms with Gasteiger partial charge in [-0.15, -0.1) is 0 Å². The lowest BCUT2D eigenvalue weighted by Crippen LogP contribution is -1.91. The minimum Gasteiger partial charge on any atom is -0.216 e. The van der Waals surface area contributed by atoms with Gasteiger partial charge in [0.15, 0.2) is 5.82 Å². The van der Waals surface area contributed by atoms with E-state index in [4.69, 9.17) is 23.2 Å². The highest BCUT2D eigenvalue weighted by Gasteiger charge is 2.05. The molecule has 0 amide bonds. The molecule has 0 unspecified atom stereocenters. The molecule has 0 bridgehead atoms. The van der Waals surface area contributed by atoms with Crippen molar-refractivity contribution in [2.45, 2.75) is 19.8 Å². The van der Waals surface area contributed by atoms with Gasteiger partial charge < -0.3 is 0 Å². The molecule has 2 rings (SSSR count). The average Bonchev–Trinajstić information content (AvgIpc) is 2.28. The summed E-state index contributed by atoms with van der Waals surface area (Å²) in [5.74, 6) is 1.06. The van der Waals surface area contributed by atoms with Crippen molar-refractivity contribution in [2.75, 3.05) is 0 Å². The monoisotopic (exact) mass is 266 g/mol. The zero-order valence-corrected chi connectivity index (χ0v) is 11.1. The summed E-state index contributed by atoms with van der Waals surface area (Å²) in [5.41, 5.74) is 2.20. The van der Waals surface area contributed by atoms with Crippen LogP contribution in [0.5, 0.6) is 0 Å². The van der Waals surface area contributed by atoms with Gasteiger partial charge in [0.05, 0.1) is 0 Å². The van der Waals surface area contributed by atoms with Crippen molar-refractivity contribution in [3.05, 3.63) is 46.2 Å². The number of aromatic nitrogens is 2. The van der Waals surface area contributed by atoms with Crippen molar-refractivity contribution in [3.8, 4) is 11.4 Å². The van der Waals surface area contributed by atoms with Crippen LogP contribution in [0.3, 0.4) is 0 Å². The van der Waals surface area contributed by atoms with Crippen LogP contribution in [0.1, 0.15) is 25.3 Å². The highest BCUT2D eigenvalue weighted by atomic mass is 35.5. The van der Waals surface area contributed by atoms with E-state index in [1.165, 1.54) is 11.6 Å². The molecule has 0 radical (unpaired) electrons. The second-order valence-electron chi connectivity index (χ2n) is 4.11. The maximum atomic E-state index is 5.85. The summed E-state index contributed by atoms with van der Waals surface area (Å²) < 4.78 is 0. The Kier molecular flexibility index (Phi) is 3.65. The molecular weight excluding hydrogens is 255 g/mol. The third-order valence-electron chi connectivity index (χ3n) is 2.50. The number of hydrogen-bond donors (Lipinski definition) is 0. The van der Waals surface area contributed by atoms with E-state index >= 15 is 0 Å². The van der Waals surface area contributed by atoms with Gasteiger partial charge in [0.2, 0.25) is 0 Å². The number of halogens is 2. The van der Waals surface area contributed by atoms with Crippen LogP contribution in [0.25, 0.3) is 11.4 Å². The average molecular weight is 267 g/mol. The fourth-order valence-electron chi connectivity index (χ4n) is 1.54. The molecular formula is C13H12Cl2N2. The molecule has 2 nitrogen and oxygen atoms in total. The molecule has 0 atom stereocenters. The van der Waals surface area contributed by atoms with E-state index in [1.54, 1.807) is 0 Å². The van der Waals surface area contributed by atoms with Gasteiger partial charge in [-0.05, 0) is 11.5 Å². The highest BCUT2D eigenvalue weighted by molar-refractivity contribution is 6.33. The zero-order valence-electron chi connectivity index (χ0n) is 9.61. The number of rotatable bonds is 2. The van der Waals surface area contributed by atoms with Crippen molar-refractivity contribution in [2.24, 2.45) is 0 Å². The van der Waals surface area contributed by atoms with Gasteiger partial charge in [-0.1, -0.05) is 61.3 Å². The SMILES string of the molecule is CC(C)c1ccc(-c2nc(Cl)cc(Cl)n2)cc1. The number of benzene rings is 1. The molecule has 1 aromatic heterocycles. The first-order valence-electron chi connectivity index (χ1n) is 5.36. The normalized spacial score (nSPS) is 10.9. The minimum absolute atomic E-state index is 0.355. The van der Waals surface area contributed by atoms with Crippen molar-refractivity contribution in [3.63, 3.8) is 0 Å². The Hall–Kier alpha value is -1.12. The molecule has 4 heteroatoms. The summed E-state index contributed by atoms with van der Waals surface area (Å²) in [4.78, 5) is 8.30. The summed E-state index contributed by atoms with van der Waals surface area (Å²) in [7, 11) is 0. The van der Waals surface area contributed by atoms with Crippen molar-refractivity contribution in [1.29, 1.82) is 0 Å². The molecule has 0 aliphatic heterocycles. The molecule has 2 aromatic rings. The van der Waals surface area contributed by atoms with E-state index in [-0.39, 0.29) is 0 Å². The quantitative estimate of drug-likeness (QED) is 0.744. The first-order valence-corrected chi connectivity index (χ1v) is 6.12. The van der Waals surface area contributed by atoms with Crippen molar-refractivity contribution in [1.82, 2.24) is 9.97 Å². The molecule has 17 heavy (non-hydrogen) atoms. The summed E-state index contributed by atoms with van der Waals surface area (Å²) in [6.07, 6.45) is 0. The Morgan fingerprint density at radius 1 is 0.941 bits per heavy atom. The summed E-state index contributed by atoms with van der Waals surface area (Å²) >= 11 is 11.7. The molecule has 0 aliphatic carbocycles. The van der Waals surface area contributed by atoms with E-state index in [0.29, 0.717) is 22.0 Å². The topological polar surface area (TPSA) is 25.8 Å². The van der Waals surface area contributed by atoms with E-state index in [0.717, 1.165) is 5.56 Å². The van der Waals surface area contributed by atoms with Crippen molar-refractivity contribution >= 4 is 23.2 Å². The third kappa shape index (κ3) is 2.96. The van der Waals surface area contributed by atoms with Gasteiger partial charge in [0, 0.05) is 11.6 Å². The van der Waals surface area contributed by atoms with Crippen LogP contribution in [0.4, 0.5) is 0 Å². The van der Waals surface area contributed by atoms with Crippen LogP contribution in [0, 0.1) is 0 Å². The van der Waals surface area contributed by atoms with Gasteiger partial charge in [-0.3, -0.25) is 0 Å². The smallest absolute Gasteiger partial charge is 0.162 e. The molecule has 1 heterocycles. The van der Waals surface area contributed by atoms with E-state index in [9.17, 15) is 0 Å². The van der Waals surface area contributed by atoms with Crippen LogP contribution in [0.15, 0.2) is 30.3 Å². The molecule has 0 aliphatic rings. The van der Waals surface area contributed by atoms with E-state index in [1.807, 2.05) is 12.1 Å². The number of nitrogens with zero attached hydrogens (tertiary/aromatic N) is 2. The van der Waals surface area contributed by atoms with Crippen molar-refractivity contribution < 1.29 is 0 Å². The molecule has 0 spiro atoms. The van der Waals surface area contributed by atoms with Crippen LogP contribution in [-0.2, 0) is 0 Å². The predicted molar refractivity (Wildman–Crippen MR) is 71.6 cm³/mol. The van der Waals surface area contributed by atoms with E-state index < -0.39 is 0 Å². The molecule has 88 valence electrons. The Balaban J connectivity index is 2.39. The third-order valence-corrected chi connectivity index (χ3v) is 2.89. The largest absolute Gasteiger partial charge is 0.216 e. The minimum atomic E-state index is 0.355. The van der Waals surface area contributed by atoms with Crippen LogP contribution in [-0.4, -0.2) is 9.97 Å². The van der Waals surface area contributed by atoms with Gasteiger partial charge in [0.25, 0.3) is 0 Å². The second kappa shape index (κ2) is 5.03. The predicted octanol–water partition coefficient (Wildman–Crippen LogP) is 4.57. The standard InChI is InChI=1S/C13H12Cl2N2/c1-8(2)9-3-5-10(6-4-9)13-16-11(14)7-12(15)17-13/h3-8H,1-2H3. The van der Waals surface area contributed by atoms with Gasteiger partial charge in [-0.2, -0.15) is 0 Å². The maximum Gasteiger partial charge on any atom is 0.162 e. The second-order valence-corrected chi connectivity index (χ2v) is 4.89. The molecule has 1 aromatic carbocycles. The Labute approximate surface area is 111 Å². The number of hydrogen-bond acceptors (Lipinski definition) is 2. The lowest BCUT2D eigenvalue weighted by atomic mass is 10.0. The molecule has 0 fully saturated rings. The Morgan fingerprint density at radius 3 is 1.94 bits per heavy atom. The molecule has 0 saturated heterocycles. The van der Waals surface area contributed by atoms with Crippen LogP contribution >= 0.6 is 23.2 Å². The summed E-state index contributed by atoms with van der Waals surface area (Å²) in [5, 5.41) is 0.709. The first kappa shape index (κ1) is 12.3. The maximum absolute atomic E-state index is 5.85. The van der Waals surface area contributed by atoms with Crippen LogP contribution < -0.4 is 0 Å². The zero-order chi connectivity index (χ0) is 12.4. The molecule has 0 saturated carbocycles. The van der Waals surface area contributed by atoms with Gasteiger partial charge in [-0.25, -0.2) is 9.97 Å². The highest BCUT2D eigenvalue weighted by Crippen LogP contribution is 2.22. The Bertz CT molecular complexity index is 501. The lowest BCUT2D eigenvalue weighted by molar-refractivity contribution is 0.867. The Morgan fingerprint density at radius 2 is 1.47 bits per heavy atom. The first-order chi connectivity index (χ1) is 8.06. The van der Waals surface area contributed by atoms with Crippen LogP contribution in [0.2, 0.25) is 10.3 Å². The summed E-state index contributed by atoms with van der Waals surface area (Å²) in [6.45, 7) is 4.31. The van der Waals surface area contributed by atoms with Gasteiger partial charge in [0.1, 0.15) is 10.3 Å². The molecule has 0 N–H and O–H groups in total. The van der Waals surface area contributed by atoms with E-state index in [2.05, 4.69) is 35.9 Å².